The van der Waals surface area contributed by atoms with Gasteiger partial charge in [-0.25, -0.2) is 0 Å². The lowest BCUT2D eigenvalue weighted by atomic mass is 10.2. The molecule has 2 aromatic rings. The lowest BCUT2D eigenvalue weighted by Crippen LogP contribution is -1.98. The molecule has 0 spiro atoms. The maximum Gasteiger partial charge on any atom is 0.164 e. The molecule has 0 aromatic carbocycles. The maximum absolute atomic E-state index is 11.5. The van der Waals surface area contributed by atoms with Gasteiger partial charge in [0.1, 0.15) is 5.00 Å². The smallest absolute Gasteiger partial charge is 0.164 e. The van der Waals surface area contributed by atoms with Gasteiger partial charge in [0.15, 0.2) is 5.78 Å². The van der Waals surface area contributed by atoms with E-state index in [1.807, 2.05) is 24.7 Å². The van der Waals surface area contributed by atoms with Crippen LogP contribution < -0.4 is 5.32 Å². The zero-order valence-corrected chi connectivity index (χ0v) is 10.8. The molecule has 0 saturated heterocycles. The van der Waals surface area contributed by atoms with Gasteiger partial charge in [0.05, 0.1) is 23.1 Å². The summed E-state index contributed by atoms with van der Waals surface area (Å²) in [5, 5.41) is 8.13. The van der Waals surface area contributed by atoms with Gasteiger partial charge in [-0.15, -0.1) is 0 Å². The predicted octanol–water partition coefficient (Wildman–Crippen LogP) is 2.61. The van der Waals surface area contributed by atoms with Gasteiger partial charge in [-0.2, -0.15) is 9.47 Å². The first-order chi connectivity index (χ1) is 8.11. The average Bonchev–Trinajstić information content (AvgIpc) is 2.86. The van der Waals surface area contributed by atoms with Gasteiger partial charge in [0, 0.05) is 12.7 Å². The molecule has 0 amide bonds. The third kappa shape index (κ3) is 2.36. The zero-order valence-electron chi connectivity index (χ0n) is 10.0. The number of aromatic nitrogens is 3. The second kappa shape index (κ2) is 4.67. The van der Waals surface area contributed by atoms with Crippen molar-refractivity contribution in [1.82, 2.24) is 14.2 Å². The summed E-state index contributed by atoms with van der Waals surface area (Å²) in [4.78, 5) is 11.5. The molecule has 2 rings (SSSR count). The SMILES string of the molecule is CCn1cc(Nc2snc(C)c2C(C)=O)cn1. The van der Waals surface area contributed by atoms with E-state index in [0.29, 0.717) is 5.56 Å². The van der Waals surface area contributed by atoms with Crippen LogP contribution in [-0.2, 0) is 6.54 Å². The van der Waals surface area contributed by atoms with Crippen molar-refractivity contribution < 1.29 is 4.79 Å². The summed E-state index contributed by atoms with van der Waals surface area (Å²) in [6, 6.07) is 0. The molecule has 2 aromatic heterocycles. The van der Waals surface area contributed by atoms with Crippen molar-refractivity contribution in [3.8, 4) is 0 Å². The first-order valence-corrected chi connectivity index (χ1v) is 6.15. The summed E-state index contributed by atoms with van der Waals surface area (Å²) in [5.41, 5.74) is 2.31. The predicted molar refractivity (Wildman–Crippen MR) is 68.0 cm³/mol. The Morgan fingerprint density at radius 1 is 1.59 bits per heavy atom. The lowest BCUT2D eigenvalue weighted by Gasteiger charge is -2.01. The van der Waals surface area contributed by atoms with E-state index in [-0.39, 0.29) is 5.78 Å². The number of nitrogens with zero attached hydrogens (tertiary/aromatic N) is 3. The van der Waals surface area contributed by atoms with E-state index in [4.69, 9.17) is 0 Å². The number of Topliss-reactive ketones (excluding diaryl/α,β-unsaturated/α-hetero) is 1. The standard InChI is InChI=1S/C11H14N4OS/c1-4-15-6-9(5-12-15)13-11-10(8(3)16)7(2)14-17-11/h5-6,13H,4H2,1-3H3. The van der Waals surface area contributed by atoms with Gasteiger partial charge >= 0.3 is 0 Å². The van der Waals surface area contributed by atoms with Gasteiger partial charge in [-0.3, -0.25) is 9.48 Å². The molecule has 0 radical (unpaired) electrons. The number of hydrogen-bond donors (Lipinski definition) is 1. The molecule has 90 valence electrons. The van der Waals surface area contributed by atoms with E-state index in [1.165, 1.54) is 11.5 Å². The van der Waals surface area contributed by atoms with Crippen molar-refractivity contribution in [2.24, 2.45) is 0 Å². The van der Waals surface area contributed by atoms with E-state index < -0.39 is 0 Å². The van der Waals surface area contributed by atoms with Crippen LogP contribution >= 0.6 is 11.5 Å². The van der Waals surface area contributed by atoms with Gasteiger partial charge in [0.2, 0.25) is 0 Å². The summed E-state index contributed by atoms with van der Waals surface area (Å²) in [6.07, 6.45) is 3.64. The van der Waals surface area contributed by atoms with Crippen molar-refractivity contribution in [3.05, 3.63) is 23.7 Å². The summed E-state index contributed by atoms with van der Waals surface area (Å²) in [5.74, 6) is 0.0293. The van der Waals surface area contributed by atoms with Crippen LogP contribution in [0, 0.1) is 6.92 Å². The number of carbonyl (C=O) groups excluding carboxylic acids is 1. The quantitative estimate of drug-likeness (QED) is 0.847. The van der Waals surface area contributed by atoms with Crippen LogP contribution in [-0.4, -0.2) is 19.9 Å². The van der Waals surface area contributed by atoms with Gasteiger partial charge in [0.25, 0.3) is 0 Å². The van der Waals surface area contributed by atoms with Crippen molar-refractivity contribution in [3.63, 3.8) is 0 Å². The Labute approximate surface area is 104 Å². The molecule has 1 N–H and O–H groups in total. The van der Waals surface area contributed by atoms with E-state index in [0.717, 1.165) is 22.9 Å². The molecule has 0 saturated carbocycles. The highest BCUT2D eigenvalue weighted by molar-refractivity contribution is 7.10. The summed E-state index contributed by atoms with van der Waals surface area (Å²) in [7, 11) is 0. The summed E-state index contributed by atoms with van der Waals surface area (Å²) in [6.45, 7) is 6.24. The Bertz CT molecular complexity index is 543. The lowest BCUT2D eigenvalue weighted by molar-refractivity contribution is 0.101. The highest BCUT2D eigenvalue weighted by Gasteiger charge is 2.15. The average molecular weight is 250 g/mol. The van der Waals surface area contributed by atoms with Crippen LogP contribution in [0.2, 0.25) is 0 Å². The Morgan fingerprint density at radius 3 is 2.94 bits per heavy atom. The maximum atomic E-state index is 11.5. The fraction of sp³-hybridized carbons (Fsp3) is 0.364. The van der Waals surface area contributed by atoms with E-state index in [2.05, 4.69) is 14.8 Å². The monoisotopic (exact) mass is 250 g/mol. The number of carbonyl (C=O) groups is 1. The fourth-order valence-corrected chi connectivity index (χ4v) is 2.47. The van der Waals surface area contributed by atoms with Crippen LogP contribution in [0.15, 0.2) is 12.4 Å². The Kier molecular flexibility index (Phi) is 3.23. The third-order valence-electron chi connectivity index (χ3n) is 2.43. The van der Waals surface area contributed by atoms with E-state index in [1.54, 1.807) is 13.1 Å². The Hall–Kier alpha value is -1.69. The third-order valence-corrected chi connectivity index (χ3v) is 3.28. The molecule has 0 bridgehead atoms. The number of anilines is 2. The molecule has 0 aliphatic heterocycles. The van der Waals surface area contributed by atoms with Crippen molar-refractivity contribution in [2.75, 3.05) is 5.32 Å². The fourth-order valence-electron chi connectivity index (χ4n) is 1.60. The van der Waals surface area contributed by atoms with Crippen molar-refractivity contribution >= 4 is 28.0 Å². The normalized spacial score (nSPS) is 10.5. The highest BCUT2D eigenvalue weighted by Crippen LogP contribution is 2.28. The van der Waals surface area contributed by atoms with E-state index in [9.17, 15) is 4.79 Å². The highest BCUT2D eigenvalue weighted by atomic mass is 32.1. The molecular formula is C11H14N4OS. The molecule has 0 fully saturated rings. The second-order valence-electron chi connectivity index (χ2n) is 3.74. The zero-order chi connectivity index (χ0) is 12.4. The molecule has 17 heavy (non-hydrogen) atoms. The van der Waals surface area contributed by atoms with E-state index >= 15 is 0 Å². The molecule has 0 aliphatic rings. The van der Waals surface area contributed by atoms with Crippen molar-refractivity contribution in [2.45, 2.75) is 27.3 Å². The molecule has 0 aliphatic carbocycles. The minimum atomic E-state index is 0.0293. The van der Waals surface area contributed by atoms with Gasteiger partial charge in [-0.05, 0) is 32.3 Å². The molecular weight excluding hydrogens is 236 g/mol. The Balaban J connectivity index is 2.27. The number of hydrogen-bond acceptors (Lipinski definition) is 5. The molecule has 5 nitrogen and oxygen atoms in total. The first-order valence-electron chi connectivity index (χ1n) is 5.38. The van der Waals surface area contributed by atoms with Crippen LogP contribution in [0.1, 0.15) is 29.9 Å². The number of rotatable bonds is 4. The number of ketones is 1. The van der Waals surface area contributed by atoms with Gasteiger partial charge in [-0.1, -0.05) is 0 Å². The van der Waals surface area contributed by atoms with Crippen LogP contribution in [0.25, 0.3) is 0 Å². The molecule has 2 heterocycles. The van der Waals surface area contributed by atoms with Crippen LogP contribution in [0.5, 0.6) is 0 Å². The number of nitrogens with one attached hydrogen (secondary N) is 1. The minimum absolute atomic E-state index is 0.0293. The Morgan fingerprint density at radius 2 is 2.35 bits per heavy atom. The largest absolute Gasteiger partial charge is 0.343 e. The summed E-state index contributed by atoms with van der Waals surface area (Å²) >= 11 is 1.30. The minimum Gasteiger partial charge on any atom is -0.343 e. The van der Waals surface area contributed by atoms with Crippen LogP contribution in [0.3, 0.4) is 0 Å². The molecule has 6 heteroatoms. The molecule has 0 unspecified atom stereocenters. The first kappa shape index (κ1) is 11.8. The van der Waals surface area contributed by atoms with Gasteiger partial charge < -0.3 is 5.32 Å². The second-order valence-corrected chi connectivity index (χ2v) is 4.51. The number of aryl methyl sites for hydroxylation is 2. The summed E-state index contributed by atoms with van der Waals surface area (Å²) < 4.78 is 6.02. The molecule has 0 atom stereocenters. The van der Waals surface area contributed by atoms with Crippen molar-refractivity contribution in [1.29, 1.82) is 0 Å². The van der Waals surface area contributed by atoms with Crippen LogP contribution in [0.4, 0.5) is 10.7 Å². The topological polar surface area (TPSA) is 59.8 Å².